The molecule has 0 fully saturated rings. The number of nitrogens with two attached hydrogens (primary N) is 1. The molecule has 7 nitrogen and oxygen atoms in total. The van der Waals surface area contributed by atoms with E-state index in [0.717, 1.165) is 6.26 Å². The Kier molecular flexibility index (Phi) is 5.20. The average molecular weight is 303 g/mol. The molecule has 0 spiro atoms. The Hall–Kier alpha value is -1.96. The van der Waals surface area contributed by atoms with Crippen LogP contribution >= 0.6 is 0 Å². The Morgan fingerprint density at radius 2 is 1.90 bits per heavy atom. The van der Waals surface area contributed by atoms with Crippen LogP contribution in [0.1, 0.15) is 10.4 Å². The maximum Gasteiger partial charge on any atom is 0.340 e. The van der Waals surface area contributed by atoms with E-state index in [4.69, 9.17) is 19.9 Å². The van der Waals surface area contributed by atoms with E-state index in [0.29, 0.717) is 5.75 Å². The number of rotatable bonds is 6. The van der Waals surface area contributed by atoms with Gasteiger partial charge in [0, 0.05) is 12.3 Å². The molecule has 1 aromatic rings. The van der Waals surface area contributed by atoms with E-state index in [9.17, 15) is 13.2 Å². The van der Waals surface area contributed by atoms with Crippen LogP contribution in [0.2, 0.25) is 0 Å². The summed E-state index contributed by atoms with van der Waals surface area (Å²) in [5, 5.41) is 0. The Bertz CT molecular complexity index is 596. The van der Waals surface area contributed by atoms with Crippen molar-refractivity contribution in [3.05, 3.63) is 17.7 Å². The number of sulfone groups is 1. The number of anilines is 1. The molecule has 0 heterocycles. The molecule has 1 aromatic carbocycles. The number of hydrogen-bond donors (Lipinski definition) is 1. The predicted octanol–water partition coefficient (Wildman–Crippen LogP) is 0.487. The molecule has 112 valence electrons. The topological polar surface area (TPSA) is 105 Å². The lowest BCUT2D eigenvalue weighted by Crippen LogP contribution is -2.15. The van der Waals surface area contributed by atoms with E-state index in [1.165, 1.54) is 26.4 Å². The highest BCUT2D eigenvalue weighted by Gasteiger charge is 2.17. The minimum absolute atomic E-state index is 0.0645. The molecular weight excluding hydrogens is 286 g/mol. The first-order valence-electron chi connectivity index (χ1n) is 5.65. The van der Waals surface area contributed by atoms with Crippen LogP contribution in [0.3, 0.4) is 0 Å². The van der Waals surface area contributed by atoms with Gasteiger partial charge in [-0.1, -0.05) is 0 Å². The SMILES string of the molecule is COc1cc(OC)c(N)c(C(=O)OCCS(C)(=O)=O)c1. The summed E-state index contributed by atoms with van der Waals surface area (Å²) in [4.78, 5) is 11.9. The molecule has 0 saturated heterocycles. The fourth-order valence-corrected chi connectivity index (χ4v) is 1.81. The molecule has 0 aromatic heterocycles. The molecule has 2 N–H and O–H groups in total. The van der Waals surface area contributed by atoms with E-state index in [1.54, 1.807) is 0 Å². The summed E-state index contributed by atoms with van der Waals surface area (Å²) >= 11 is 0. The van der Waals surface area contributed by atoms with Crippen molar-refractivity contribution < 1.29 is 27.4 Å². The number of esters is 1. The summed E-state index contributed by atoms with van der Waals surface area (Å²) in [6, 6.07) is 2.93. The van der Waals surface area contributed by atoms with Crippen LogP contribution in [0.4, 0.5) is 5.69 Å². The van der Waals surface area contributed by atoms with Gasteiger partial charge < -0.3 is 19.9 Å². The van der Waals surface area contributed by atoms with Crippen LogP contribution in [0, 0.1) is 0 Å². The van der Waals surface area contributed by atoms with Crippen LogP contribution in [0.5, 0.6) is 11.5 Å². The second-order valence-corrected chi connectivity index (χ2v) is 6.32. The zero-order chi connectivity index (χ0) is 15.3. The summed E-state index contributed by atoms with van der Waals surface area (Å²) in [7, 11) is -0.355. The first kappa shape index (κ1) is 16.1. The first-order valence-corrected chi connectivity index (χ1v) is 7.71. The highest BCUT2D eigenvalue weighted by Crippen LogP contribution is 2.31. The maximum atomic E-state index is 11.9. The van der Waals surface area contributed by atoms with Gasteiger partial charge in [0.15, 0.2) is 9.84 Å². The normalized spacial score (nSPS) is 10.9. The summed E-state index contributed by atoms with van der Waals surface area (Å²) in [5.41, 5.74) is 5.95. The summed E-state index contributed by atoms with van der Waals surface area (Å²) in [6.07, 6.45) is 1.06. The maximum absolute atomic E-state index is 11.9. The molecule has 0 unspecified atom stereocenters. The van der Waals surface area contributed by atoms with Crippen molar-refractivity contribution in [2.75, 3.05) is 38.6 Å². The molecule has 0 bridgehead atoms. The van der Waals surface area contributed by atoms with E-state index in [1.807, 2.05) is 0 Å². The molecule has 1 rings (SSSR count). The lowest BCUT2D eigenvalue weighted by Gasteiger charge is -2.12. The van der Waals surface area contributed by atoms with E-state index >= 15 is 0 Å². The summed E-state index contributed by atoms with van der Waals surface area (Å²) in [6.45, 7) is -0.239. The van der Waals surface area contributed by atoms with Crippen molar-refractivity contribution in [2.24, 2.45) is 0 Å². The monoisotopic (exact) mass is 303 g/mol. The minimum atomic E-state index is -3.20. The standard InChI is InChI=1S/C12H17NO6S/c1-17-8-6-9(11(13)10(7-8)18-2)12(14)19-4-5-20(3,15)16/h6-7H,4-5,13H2,1-3H3. The number of methoxy groups -OCH3 is 2. The van der Waals surface area contributed by atoms with Crippen LogP contribution in [0.15, 0.2) is 12.1 Å². The Morgan fingerprint density at radius 1 is 1.25 bits per heavy atom. The highest BCUT2D eigenvalue weighted by atomic mass is 32.2. The van der Waals surface area contributed by atoms with Gasteiger partial charge in [-0.15, -0.1) is 0 Å². The van der Waals surface area contributed by atoms with Gasteiger partial charge in [-0.25, -0.2) is 13.2 Å². The quantitative estimate of drug-likeness (QED) is 0.602. The van der Waals surface area contributed by atoms with Crippen LogP contribution in [0.25, 0.3) is 0 Å². The van der Waals surface area contributed by atoms with Crippen molar-refractivity contribution in [1.29, 1.82) is 0 Å². The molecule has 8 heteroatoms. The third-order valence-electron chi connectivity index (χ3n) is 2.48. The first-order chi connectivity index (χ1) is 9.28. The highest BCUT2D eigenvalue weighted by molar-refractivity contribution is 7.90. The Labute approximate surface area is 117 Å². The molecule has 0 atom stereocenters. The van der Waals surface area contributed by atoms with Gasteiger partial charge in [-0.2, -0.15) is 0 Å². The molecular formula is C12H17NO6S. The van der Waals surface area contributed by atoms with Crippen molar-refractivity contribution in [3.8, 4) is 11.5 Å². The number of hydrogen-bond acceptors (Lipinski definition) is 7. The van der Waals surface area contributed by atoms with Crippen molar-refractivity contribution >= 4 is 21.5 Å². The van der Waals surface area contributed by atoms with Crippen LogP contribution in [-0.2, 0) is 14.6 Å². The fraction of sp³-hybridized carbons (Fsp3) is 0.417. The summed E-state index contributed by atoms with van der Waals surface area (Å²) in [5.74, 6) is -0.325. The van der Waals surface area contributed by atoms with Gasteiger partial charge in [0.25, 0.3) is 0 Å². The number of carbonyl (C=O) groups is 1. The average Bonchev–Trinajstić information content (AvgIpc) is 2.37. The number of ether oxygens (including phenoxy) is 3. The second-order valence-electron chi connectivity index (χ2n) is 4.06. The Morgan fingerprint density at radius 3 is 2.40 bits per heavy atom. The van der Waals surface area contributed by atoms with E-state index < -0.39 is 15.8 Å². The van der Waals surface area contributed by atoms with Crippen LogP contribution in [-0.4, -0.2) is 47.2 Å². The lowest BCUT2D eigenvalue weighted by molar-refractivity contribution is 0.0530. The number of carbonyl (C=O) groups excluding carboxylic acids is 1. The number of nitrogen functional groups attached to an aromatic ring is 1. The van der Waals surface area contributed by atoms with E-state index in [-0.39, 0.29) is 29.4 Å². The van der Waals surface area contributed by atoms with Crippen molar-refractivity contribution in [1.82, 2.24) is 0 Å². The zero-order valence-corrected chi connectivity index (χ0v) is 12.3. The van der Waals surface area contributed by atoms with Gasteiger partial charge in [-0.05, 0) is 6.07 Å². The van der Waals surface area contributed by atoms with Gasteiger partial charge in [0.1, 0.15) is 18.1 Å². The molecule has 0 saturated carbocycles. The zero-order valence-electron chi connectivity index (χ0n) is 11.5. The van der Waals surface area contributed by atoms with E-state index in [2.05, 4.69) is 0 Å². The van der Waals surface area contributed by atoms with Gasteiger partial charge in [-0.3, -0.25) is 0 Å². The van der Waals surface area contributed by atoms with Gasteiger partial charge in [0.2, 0.25) is 0 Å². The molecule has 0 aliphatic carbocycles. The Balaban J connectivity index is 2.92. The molecule has 20 heavy (non-hydrogen) atoms. The second kappa shape index (κ2) is 6.47. The minimum Gasteiger partial charge on any atom is -0.497 e. The van der Waals surface area contributed by atoms with Gasteiger partial charge in [0.05, 0.1) is 31.2 Å². The van der Waals surface area contributed by atoms with Crippen molar-refractivity contribution in [3.63, 3.8) is 0 Å². The fourth-order valence-electron chi connectivity index (χ4n) is 1.42. The molecule has 0 amide bonds. The van der Waals surface area contributed by atoms with Crippen LogP contribution < -0.4 is 15.2 Å². The van der Waals surface area contributed by atoms with Gasteiger partial charge >= 0.3 is 5.97 Å². The molecule has 0 aliphatic rings. The number of benzene rings is 1. The van der Waals surface area contributed by atoms with Crippen molar-refractivity contribution in [2.45, 2.75) is 0 Å². The largest absolute Gasteiger partial charge is 0.497 e. The lowest BCUT2D eigenvalue weighted by atomic mass is 10.1. The summed E-state index contributed by atoms with van der Waals surface area (Å²) < 4.78 is 36.8. The predicted molar refractivity (Wildman–Crippen MR) is 74.0 cm³/mol. The molecule has 0 radical (unpaired) electrons. The third kappa shape index (κ3) is 4.30. The third-order valence-corrected chi connectivity index (χ3v) is 3.39. The smallest absolute Gasteiger partial charge is 0.340 e. The molecule has 0 aliphatic heterocycles.